The Morgan fingerprint density at radius 1 is 1.29 bits per heavy atom. The summed E-state index contributed by atoms with van der Waals surface area (Å²) in [6, 6.07) is 7.86. The maximum absolute atomic E-state index is 5.14. The topological polar surface area (TPSA) is 54.7 Å². The monoisotopic (exact) mass is 347 g/mol. The van der Waals surface area contributed by atoms with Gasteiger partial charge >= 0.3 is 0 Å². The first-order chi connectivity index (χ1) is 10.2. The predicted octanol–water partition coefficient (Wildman–Crippen LogP) is 3.23. The first kappa shape index (κ1) is 13.8. The number of aromatic nitrogens is 3. The molecule has 0 aliphatic rings. The van der Waals surface area contributed by atoms with Crippen LogP contribution in [-0.4, -0.2) is 28.5 Å². The summed E-state index contributed by atoms with van der Waals surface area (Å²) >= 11 is 3.40. The molecule has 6 nitrogen and oxygen atoms in total. The summed E-state index contributed by atoms with van der Waals surface area (Å²) in [5, 5.41) is 4.96. The third-order valence-corrected chi connectivity index (χ3v) is 3.49. The molecule has 0 amide bonds. The number of nitrogens with one attached hydrogen (secondary N) is 1. The molecule has 0 radical (unpaired) electrons. The van der Waals surface area contributed by atoms with Crippen molar-refractivity contribution in [1.29, 1.82) is 0 Å². The Bertz CT molecular complexity index is 756. The van der Waals surface area contributed by atoms with Crippen molar-refractivity contribution in [2.24, 2.45) is 0 Å². The minimum absolute atomic E-state index is 0.697. The van der Waals surface area contributed by atoms with Crippen LogP contribution in [0.4, 0.5) is 17.2 Å². The highest BCUT2D eigenvalue weighted by atomic mass is 79.9. The van der Waals surface area contributed by atoms with Crippen LogP contribution in [0.25, 0.3) is 5.65 Å². The van der Waals surface area contributed by atoms with E-state index >= 15 is 0 Å². The van der Waals surface area contributed by atoms with Gasteiger partial charge in [-0.05, 0) is 40.2 Å². The molecular formula is C14H14BrN5O. The Labute approximate surface area is 130 Å². The Kier molecular flexibility index (Phi) is 3.76. The normalized spacial score (nSPS) is 10.8. The number of imidazole rings is 1. The minimum Gasteiger partial charge on any atom is -0.337 e. The molecule has 0 unspecified atom stereocenters. The largest absolute Gasteiger partial charge is 0.337 e. The summed E-state index contributed by atoms with van der Waals surface area (Å²) < 4.78 is 2.65. The molecule has 1 aromatic carbocycles. The fourth-order valence-corrected chi connectivity index (χ4v) is 2.38. The number of nitrogens with zero attached hydrogens (tertiary/aromatic N) is 4. The minimum atomic E-state index is 0.697. The van der Waals surface area contributed by atoms with Gasteiger partial charge in [-0.15, -0.1) is 0 Å². The molecule has 108 valence electrons. The summed E-state index contributed by atoms with van der Waals surface area (Å²) in [6.45, 7) is 0. The van der Waals surface area contributed by atoms with Crippen molar-refractivity contribution in [3.63, 3.8) is 0 Å². The van der Waals surface area contributed by atoms with Gasteiger partial charge in [-0.3, -0.25) is 9.90 Å². The van der Waals surface area contributed by atoms with Gasteiger partial charge in [-0.2, -0.15) is 0 Å². The summed E-state index contributed by atoms with van der Waals surface area (Å²) in [7, 11) is 3.49. The summed E-state index contributed by atoms with van der Waals surface area (Å²) in [5.41, 5.74) is 2.67. The zero-order valence-electron chi connectivity index (χ0n) is 11.6. The van der Waals surface area contributed by atoms with E-state index in [9.17, 15) is 0 Å². The predicted molar refractivity (Wildman–Crippen MR) is 85.8 cm³/mol. The standard InChI is InChI=1S/C14H14BrN5O/c1-19(21-2)11-5-3-10(4-6-11)17-13-14-16-7-8-20(14)9-12(15)18-13/h3-9H,1-2H3,(H,17,18). The number of rotatable bonds is 4. The van der Waals surface area contributed by atoms with E-state index < -0.39 is 0 Å². The van der Waals surface area contributed by atoms with Gasteiger partial charge in [-0.25, -0.2) is 9.97 Å². The molecule has 3 rings (SSSR count). The number of hydroxylamine groups is 1. The van der Waals surface area contributed by atoms with Gasteiger partial charge in [0.25, 0.3) is 0 Å². The molecule has 0 atom stereocenters. The fourth-order valence-electron chi connectivity index (χ4n) is 1.98. The van der Waals surface area contributed by atoms with Crippen molar-refractivity contribution in [2.45, 2.75) is 0 Å². The summed E-state index contributed by atoms with van der Waals surface area (Å²) in [6.07, 6.45) is 5.49. The lowest BCUT2D eigenvalue weighted by atomic mass is 10.3. The van der Waals surface area contributed by atoms with E-state index in [-0.39, 0.29) is 0 Å². The van der Waals surface area contributed by atoms with Crippen LogP contribution in [0, 0.1) is 0 Å². The van der Waals surface area contributed by atoms with Gasteiger partial charge < -0.3 is 9.72 Å². The molecule has 0 spiro atoms. The SMILES string of the molecule is CON(C)c1ccc(Nc2nc(Br)cn3ccnc23)cc1. The van der Waals surface area contributed by atoms with Crippen LogP contribution in [0.15, 0.2) is 47.5 Å². The quantitative estimate of drug-likeness (QED) is 0.734. The van der Waals surface area contributed by atoms with Gasteiger partial charge in [0.2, 0.25) is 0 Å². The average Bonchev–Trinajstić information content (AvgIpc) is 2.95. The number of hydrogen-bond acceptors (Lipinski definition) is 5. The van der Waals surface area contributed by atoms with Crippen LogP contribution in [0.5, 0.6) is 0 Å². The second kappa shape index (κ2) is 5.71. The molecule has 21 heavy (non-hydrogen) atoms. The van der Waals surface area contributed by atoms with E-state index in [4.69, 9.17) is 4.84 Å². The van der Waals surface area contributed by atoms with E-state index in [0.29, 0.717) is 5.82 Å². The first-order valence-corrected chi connectivity index (χ1v) is 7.11. The number of benzene rings is 1. The molecule has 2 heterocycles. The van der Waals surface area contributed by atoms with Crippen molar-refractivity contribution in [3.8, 4) is 0 Å². The van der Waals surface area contributed by atoms with E-state index in [1.54, 1.807) is 18.4 Å². The average molecular weight is 348 g/mol. The zero-order valence-corrected chi connectivity index (χ0v) is 13.2. The maximum Gasteiger partial charge on any atom is 0.180 e. The lowest BCUT2D eigenvalue weighted by molar-refractivity contribution is 0.185. The fraction of sp³-hybridized carbons (Fsp3) is 0.143. The number of anilines is 3. The van der Waals surface area contributed by atoms with Crippen LogP contribution >= 0.6 is 15.9 Å². The van der Waals surface area contributed by atoms with Gasteiger partial charge in [0.1, 0.15) is 4.60 Å². The highest BCUT2D eigenvalue weighted by molar-refractivity contribution is 9.10. The van der Waals surface area contributed by atoms with E-state index in [0.717, 1.165) is 21.6 Å². The van der Waals surface area contributed by atoms with Crippen LogP contribution in [0.1, 0.15) is 0 Å². The molecular weight excluding hydrogens is 334 g/mol. The Hall–Kier alpha value is -2.12. The molecule has 2 aromatic heterocycles. The van der Waals surface area contributed by atoms with E-state index in [2.05, 4.69) is 31.2 Å². The molecule has 3 aromatic rings. The highest BCUT2D eigenvalue weighted by Gasteiger charge is 2.07. The smallest absolute Gasteiger partial charge is 0.180 e. The van der Waals surface area contributed by atoms with Gasteiger partial charge in [0.15, 0.2) is 11.5 Å². The van der Waals surface area contributed by atoms with Gasteiger partial charge in [-0.1, -0.05) is 0 Å². The van der Waals surface area contributed by atoms with Crippen molar-refractivity contribution in [2.75, 3.05) is 24.5 Å². The van der Waals surface area contributed by atoms with Crippen molar-refractivity contribution < 1.29 is 4.84 Å². The Balaban J connectivity index is 1.90. The second-order valence-corrected chi connectivity index (χ2v) is 5.23. The molecule has 0 bridgehead atoms. The third-order valence-electron chi connectivity index (χ3n) is 3.11. The van der Waals surface area contributed by atoms with Gasteiger partial charge in [0.05, 0.1) is 12.8 Å². The lowest BCUT2D eigenvalue weighted by Crippen LogP contribution is -2.14. The first-order valence-electron chi connectivity index (χ1n) is 6.31. The van der Waals surface area contributed by atoms with Crippen LogP contribution in [0.3, 0.4) is 0 Å². The summed E-state index contributed by atoms with van der Waals surface area (Å²) in [4.78, 5) is 13.9. The number of hydrogen-bond donors (Lipinski definition) is 1. The Morgan fingerprint density at radius 2 is 2.05 bits per heavy atom. The summed E-state index contributed by atoms with van der Waals surface area (Å²) in [5.74, 6) is 0.697. The van der Waals surface area contributed by atoms with E-state index in [1.165, 1.54) is 0 Å². The van der Waals surface area contributed by atoms with Crippen LogP contribution in [0.2, 0.25) is 0 Å². The van der Waals surface area contributed by atoms with Crippen molar-refractivity contribution in [1.82, 2.24) is 14.4 Å². The van der Waals surface area contributed by atoms with Crippen molar-refractivity contribution >= 4 is 38.8 Å². The molecule has 0 saturated carbocycles. The molecule has 0 aliphatic carbocycles. The lowest BCUT2D eigenvalue weighted by Gasteiger charge is -2.16. The zero-order chi connectivity index (χ0) is 14.8. The van der Waals surface area contributed by atoms with Crippen LogP contribution < -0.4 is 10.4 Å². The molecule has 1 N–H and O–H groups in total. The van der Waals surface area contributed by atoms with Crippen molar-refractivity contribution in [3.05, 3.63) is 47.5 Å². The third kappa shape index (κ3) is 2.84. The molecule has 0 fully saturated rings. The molecule has 0 aliphatic heterocycles. The molecule has 7 heteroatoms. The molecule has 0 saturated heterocycles. The number of halogens is 1. The Morgan fingerprint density at radius 3 is 2.76 bits per heavy atom. The highest BCUT2D eigenvalue weighted by Crippen LogP contribution is 2.23. The number of fused-ring (bicyclic) bond motifs is 1. The van der Waals surface area contributed by atoms with E-state index in [1.807, 2.05) is 48.1 Å². The second-order valence-electron chi connectivity index (χ2n) is 4.42. The maximum atomic E-state index is 5.14. The van der Waals surface area contributed by atoms with Crippen LogP contribution in [-0.2, 0) is 4.84 Å². The van der Waals surface area contributed by atoms with Gasteiger partial charge in [0, 0.05) is 31.3 Å².